The van der Waals surface area contributed by atoms with Crippen LogP contribution in [0.2, 0.25) is 0 Å². The summed E-state index contributed by atoms with van der Waals surface area (Å²) in [6.07, 6.45) is 4.95. The number of hydrogen-bond donors (Lipinski definition) is 2. The molecule has 1 saturated carbocycles. The zero-order valence-corrected chi connectivity index (χ0v) is 11.3. The van der Waals surface area contributed by atoms with Crippen molar-refractivity contribution < 1.29 is 5.11 Å². The maximum atomic E-state index is 9.42. The topological polar surface area (TPSA) is 35.5 Å². The molecular formula is C13H28N2O. The molecular weight excluding hydrogens is 200 g/mol. The van der Waals surface area contributed by atoms with Crippen molar-refractivity contribution >= 4 is 0 Å². The molecule has 2 atom stereocenters. The van der Waals surface area contributed by atoms with E-state index in [4.69, 9.17) is 0 Å². The van der Waals surface area contributed by atoms with Gasteiger partial charge in [-0.3, -0.25) is 4.90 Å². The summed E-state index contributed by atoms with van der Waals surface area (Å²) in [6.45, 7) is 8.03. The van der Waals surface area contributed by atoms with Gasteiger partial charge < -0.3 is 10.4 Å². The standard InChI is InChI=1S/C13H28N2O/c1-5-8-15(12-6-7-12)11(2)9-13(3,10-16)14-4/h11-12,14,16H,5-10H2,1-4H3. The normalized spacial score (nSPS) is 22.1. The van der Waals surface area contributed by atoms with Crippen LogP contribution in [0.4, 0.5) is 0 Å². The van der Waals surface area contributed by atoms with Crippen molar-refractivity contribution in [3.63, 3.8) is 0 Å². The highest BCUT2D eigenvalue weighted by Crippen LogP contribution is 2.30. The summed E-state index contributed by atoms with van der Waals surface area (Å²) in [6, 6.07) is 1.37. The van der Waals surface area contributed by atoms with Crippen LogP contribution in [0.5, 0.6) is 0 Å². The van der Waals surface area contributed by atoms with Crippen molar-refractivity contribution in [2.45, 2.75) is 64.1 Å². The Balaban J connectivity index is 2.50. The Bertz CT molecular complexity index is 200. The van der Waals surface area contributed by atoms with Crippen LogP contribution >= 0.6 is 0 Å². The second kappa shape index (κ2) is 5.99. The minimum atomic E-state index is -0.139. The first-order valence-corrected chi connectivity index (χ1v) is 6.62. The molecule has 16 heavy (non-hydrogen) atoms. The number of nitrogens with one attached hydrogen (secondary N) is 1. The summed E-state index contributed by atoms with van der Waals surface area (Å²) in [5.41, 5.74) is -0.139. The van der Waals surface area contributed by atoms with Gasteiger partial charge in [0.25, 0.3) is 0 Å². The maximum Gasteiger partial charge on any atom is 0.0611 e. The van der Waals surface area contributed by atoms with Crippen LogP contribution in [0.3, 0.4) is 0 Å². The summed E-state index contributed by atoms with van der Waals surface area (Å²) in [7, 11) is 1.93. The van der Waals surface area contributed by atoms with Crippen molar-refractivity contribution in [3.8, 4) is 0 Å². The van der Waals surface area contributed by atoms with E-state index < -0.39 is 0 Å². The smallest absolute Gasteiger partial charge is 0.0611 e. The Morgan fingerprint density at radius 2 is 2.12 bits per heavy atom. The van der Waals surface area contributed by atoms with E-state index in [0.717, 1.165) is 12.5 Å². The van der Waals surface area contributed by atoms with Gasteiger partial charge in [0, 0.05) is 17.6 Å². The quantitative estimate of drug-likeness (QED) is 0.662. The molecule has 1 rings (SSSR count). The number of hydrogen-bond acceptors (Lipinski definition) is 3. The highest BCUT2D eigenvalue weighted by atomic mass is 16.3. The van der Waals surface area contributed by atoms with Crippen LogP contribution in [-0.4, -0.2) is 47.8 Å². The monoisotopic (exact) mass is 228 g/mol. The molecule has 1 aliphatic carbocycles. The van der Waals surface area contributed by atoms with Gasteiger partial charge in [-0.1, -0.05) is 6.92 Å². The fraction of sp³-hybridized carbons (Fsp3) is 1.00. The van der Waals surface area contributed by atoms with Crippen molar-refractivity contribution in [2.75, 3.05) is 20.2 Å². The summed E-state index contributed by atoms with van der Waals surface area (Å²) >= 11 is 0. The van der Waals surface area contributed by atoms with Crippen molar-refractivity contribution in [3.05, 3.63) is 0 Å². The maximum absolute atomic E-state index is 9.42. The lowest BCUT2D eigenvalue weighted by atomic mass is 9.94. The molecule has 0 spiro atoms. The van der Waals surface area contributed by atoms with Gasteiger partial charge in [0.1, 0.15) is 0 Å². The summed E-state index contributed by atoms with van der Waals surface area (Å²) in [5, 5.41) is 12.7. The van der Waals surface area contributed by atoms with Crippen LogP contribution in [0.1, 0.15) is 46.5 Å². The summed E-state index contributed by atoms with van der Waals surface area (Å²) < 4.78 is 0. The zero-order valence-electron chi connectivity index (χ0n) is 11.3. The van der Waals surface area contributed by atoms with Crippen molar-refractivity contribution in [1.82, 2.24) is 10.2 Å². The lowest BCUT2D eigenvalue weighted by Gasteiger charge is -2.36. The minimum Gasteiger partial charge on any atom is -0.394 e. The van der Waals surface area contributed by atoms with Gasteiger partial charge in [0.15, 0.2) is 0 Å². The van der Waals surface area contributed by atoms with E-state index in [0.29, 0.717) is 6.04 Å². The third-order valence-corrected chi connectivity index (χ3v) is 3.76. The first-order valence-electron chi connectivity index (χ1n) is 6.62. The molecule has 0 aromatic heterocycles. The second-order valence-electron chi connectivity index (χ2n) is 5.49. The minimum absolute atomic E-state index is 0.139. The highest BCUT2D eigenvalue weighted by Gasteiger charge is 2.34. The van der Waals surface area contributed by atoms with E-state index in [1.165, 1.54) is 25.8 Å². The number of aliphatic hydroxyl groups excluding tert-OH is 1. The zero-order chi connectivity index (χ0) is 12.2. The van der Waals surface area contributed by atoms with Gasteiger partial charge in [0.05, 0.1) is 6.61 Å². The lowest BCUT2D eigenvalue weighted by molar-refractivity contribution is 0.115. The first kappa shape index (κ1) is 13.9. The fourth-order valence-corrected chi connectivity index (χ4v) is 2.44. The fourth-order valence-electron chi connectivity index (χ4n) is 2.44. The van der Waals surface area contributed by atoms with Gasteiger partial charge in [-0.25, -0.2) is 0 Å². The van der Waals surface area contributed by atoms with E-state index in [2.05, 4.69) is 31.0 Å². The predicted octanol–water partition coefficient (Wildman–Crippen LogP) is 1.61. The number of aliphatic hydroxyl groups is 1. The molecule has 96 valence electrons. The Kier molecular flexibility index (Phi) is 5.22. The molecule has 0 saturated heterocycles. The van der Waals surface area contributed by atoms with Crippen LogP contribution in [0.15, 0.2) is 0 Å². The summed E-state index contributed by atoms with van der Waals surface area (Å²) in [5.74, 6) is 0. The van der Waals surface area contributed by atoms with Gasteiger partial charge >= 0.3 is 0 Å². The Morgan fingerprint density at radius 3 is 2.50 bits per heavy atom. The Hall–Kier alpha value is -0.120. The molecule has 0 heterocycles. The van der Waals surface area contributed by atoms with E-state index in [1.54, 1.807) is 0 Å². The average Bonchev–Trinajstić information content (AvgIpc) is 3.09. The molecule has 2 unspecified atom stereocenters. The lowest BCUT2D eigenvalue weighted by Crippen LogP contribution is -2.49. The number of rotatable bonds is 8. The molecule has 1 fully saturated rings. The van der Waals surface area contributed by atoms with Gasteiger partial charge in [0.2, 0.25) is 0 Å². The third-order valence-electron chi connectivity index (χ3n) is 3.76. The molecule has 0 aromatic rings. The molecule has 1 aliphatic rings. The van der Waals surface area contributed by atoms with E-state index in [1.807, 2.05) is 7.05 Å². The highest BCUT2D eigenvalue weighted by molar-refractivity contribution is 4.92. The summed E-state index contributed by atoms with van der Waals surface area (Å²) in [4.78, 5) is 2.62. The van der Waals surface area contributed by atoms with E-state index in [-0.39, 0.29) is 12.1 Å². The van der Waals surface area contributed by atoms with Crippen LogP contribution < -0.4 is 5.32 Å². The van der Waals surface area contributed by atoms with Gasteiger partial charge in [-0.2, -0.15) is 0 Å². The molecule has 0 aliphatic heterocycles. The van der Waals surface area contributed by atoms with Crippen LogP contribution in [0.25, 0.3) is 0 Å². The van der Waals surface area contributed by atoms with E-state index >= 15 is 0 Å². The van der Waals surface area contributed by atoms with Crippen molar-refractivity contribution in [1.29, 1.82) is 0 Å². The van der Waals surface area contributed by atoms with E-state index in [9.17, 15) is 5.11 Å². The second-order valence-corrected chi connectivity index (χ2v) is 5.49. The van der Waals surface area contributed by atoms with Gasteiger partial charge in [-0.15, -0.1) is 0 Å². The average molecular weight is 228 g/mol. The molecule has 3 heteroatoms. The molecule has 0 bridgehead atoms. The number of nitrogens with zero attached hydrogens (tertiary/aromatic N) is 1. The van der Waals surface area contributed by atoms with Crippen LogP contribution in [-0.2, 0) is 0 Å². The Labute approximate surface area is 100 Å². The van der Waals surface area contributed by atoms with Crippen molar-refractivity contribution in [2.24, 2.45) is 0 Å². The molecule has 3 nitrogen and oxygen atoms in total. The molecule has 0 aromatic carbocycles. The third kappa shape index (κ3) is 3.72. The SMILES string of the molecule is CCCN(C(C)CC(C)(CO)NC)C1CC1. The van der Waals surface area contributed by atoms with Gasteiger partial charge in [-0.05, 0) is 53.1 Å². The first-order chi connectivity index (χ1) is 7.56. The largest absolute Gasteiger partial charge is 0.394 e. The molecule has 0 amide bonds. The Morgan fingerprint density at radius 1 is 1.50 bits per heavy atom. The predicted molar refractivity (Wildman–Crippen MR) is 68.6 cm³/mol. The number of likely N-dealkylation sites (N-methyl/N-ethyl adjacent to an activating group) is 1. The molecule has 0 radical (unpaired) electrons. The van der Waals surface area contributed by atoms with Crippen LogP contribution in [0, 0.1) is 0 Å². The molecule has 2 N–H and O–H groups in total.